The molecule has 1 aromatic rings. The van der Waals surface area contributed by atoms with Gasteiger partial charge in [0.1, 0.15) is 0 Å². The fourth-order valence-corrected chi connectivity index (χ4v) is 3.17. The van der Waals surface area contributed by atoms with Crippen LogP contribution in [0.15, 0.2) is 24.3 Å². The standard InChI is InChI=1S/C16H21NO4S/c1-11-7-13(5-6-21-11)16(20)17-14-4-2-3-12(8-14)9-22-10-15(18)19/h2-4,8,11,13H,5-7,9-10H2,1H3,(H,17,20)(H,18,19). The van der Waals surface area contributed by atoms with Crippen molar-refractivity contribution in [3.05, 3.63) is 29.8 Å². The molecule has 1 aliphatic heterocycles. The van der Waals surface area contributed by atoms with Crippen LogP contribution in [-0.2, 0) is 20.1 Å². The van der Waals surface area contributed by atoms with Gasteiger partial charge in [-0.1, -0.05) is 12.1 Å². The Kier molecular flexibility index (Phi) is 6.27. The summed E-state index contributed by atoms with van der Waals surface area (Å²) in [5, 5.41) is 11.6. The normalized spacial score (nSPS) is 21.3. The van der Waals surface area contributed by atoms with Gasteiger partial charge in [-0.05, 0) is 37.5 Å². The summed E-state index contributed by atoms with van der Waals surface area (Å²) in [6.07, 6.45) is 1.63. The second-order valence-corrected chi connectivity index (χ2v) is 6.46. The molecule has 0 aromatic heterocycles. The van der Waals surface area contributed by atoms with Gasteiger partial charge in [0, 0.05) is 24.0 Å². The topological polar surface area (TPSA) is 75.6 Å². The molecule has 0 bridgehead atoms. The van der Waals surface area contributed by atoms with Gasteiger partial charge in [-0.2, -0.15) is 0 Å². The Morgan fingerprint density at radius 1 is 1.45 bits per heavy atom. The number of carboxylic acid groups (broad SMARTS) is 1. The number of carbonyl (C=O) groups is 2. The first-order valence-electron chi connectivity index (χ1n) is 7.35. The van der Waals surface area contributed by atoms with Gasteiger partial charge in [-0.25, -0.2) is 0 Å². The first-order valence-corrected chi connectivity index (χ1v) is 8.51. The van der Waals surface area contributed by atoms with E-state index < -0.39 is 5.97 Å². The van der Waals surface area contributed by atoms with Gasteiger partial charge in [0.2, 0.25) is 5.91 Å². The second-order valence-electron chi connectivity index (χ2n) is 5.48. The molecule has 22 heavy (non-hydrogen) atoms. The molecule has 2 unspecified atom stereocenters. The maximum atomic E-state index is 12.3. The average Bonchev–Trinajstić information content (AvgIpc) is 2.47. The molecule has 5 nitrogen and oxygen atoms in total. The van der Waals surface area contributed by atoms with E-state index >= 15 is 0 Å². The summed E-state index contributed by atoms with van der Waals surface area (Å²) in [5.41, 5.74) is 1.77. The van der Waals surface area contributed by atoms with Gasteiger partial charge in [-0.3, -0.25) is 9.59 Å². The van der Waals surface area contributed by atoms with E-state index in [9.17, 15) is 9.59 Å². The van der Waals surface area contributed by atoms with Crippen molar-refractivity contribution in [2.75, 3.05) is 17.7 Å². The molecule has 1 heterocycles. The molecule has 0 saturated carbocycles. The first kappa shape index (κ1) is 16.8. The van der Waals surface area contributed by atoms with E-state index in [2.05, 4.69) is 5.32 Å². The number of nitrogens with one attached hydrogen (secondary N) is 1. The van der Waals surface area contributed by atoms with Gasteiger partial charge in [0.15, 0.2) is 0 Å². The zero-order chi connectivity index (χ0) is 15.9. The number of aliphatic carboxylic acids is 1. The summed E-state index contributed by atoms with van der Waals surface area (Å²) in [7, 11) is 0. The number of rotatable bonds is 6. The molecular formula is C16H21NO4S. The third-order valence-corrected chi connectivity index (χ3v) is 4.53. The Hall–Kier alpha value is -1.53. The third kappa shape index (κ3) is 5.35. The molecule has 6 heteroatoms. The summed E-state index contributed by atoms with van der Waals surface area (Å²) in [6, 6.07) is 7.56. The minimum atomic E-state index is -0.817. The van der Waals surface area contributed by atoms with Crippen LogP contribution in [0.1, 0.15) is 25.3 Å². The van der Waals surface area contributed by atoms with Crippen molar-refractivity contribution in [2.24, 2.45) is 5.92 Å². The van der Waals surface area contributed by atoms with E-state index in [4.69, 9.17) is 9.84 Å². The summed E-state index contributed by atoms with van der Waals surface area (Å²) in [4.78, 5) is 22.8. The number of carbonyl (C=O) groups excluding carboxylic acids is 1. The monoisotopic (exact) mass is 323 g/mol. The number of benzene rings is 1. The molecule has 0 spiro atoms. The van der Waals surface area contributed by atoms with Crippen LogP contribution in [0.4, 0.5) is 5.69 Å². The summed E-state index contributed by atoms with van der Waals surface area (Å²) in [5.74, 6) is -0.0942. The van der Waals surface area contributed by atoms with Crippen molar-refractivity contribution < 1.29 is 19.4 Å². The molecule has 0 aliphatic carbocycles. The maximum absolute atomic E-state index is 12.3. The summed E-state index contributed by atoms with van der Waals surface area (Å²) in [6.45, 7) is 2.62. The molecule has 1 amide bonds. The van der Waals surface area contributed by atoms with Crippen LogP contribution >= 0.6 is 11.8 Å². The lowest BCUT2D eigenvalue weighted by Gasteiger charge is -2.26. The zero-order valence-electron chi connectivity index (χ0n) is 12.6. The second kappa shape index (κ2) is 8.19. The Bertz CT molecular complexity index is 535. The Morgan fingerprint density at radius 2 is 2.27 bits per heavy atom. The number of anilines is 1. The van der Waals surface area contributed by atoms with Crippen LogP contribution in [0.2, 0.25) is 0 Å². The molecule has 1 aliphatic rings. The molecule has 120 valence electrons. The minimum absolute atomic E-state index is 0.00575. The zero-order valence-corrected chi connectivity index (χ0v) is 13.4. The van der Waals surface area contributed by atoms with E-state index in [1.54, 1.807) is 0 Å². The fraction of sp³-hybridized carbons (Fsp3) is 0.500. The van der Waals surface area contributed by atoms with E-state index in [1.165, 1.54) is 11.8 Å². The van der Waals surface area contributed by atoms with Crippen LogP contribution in [0, 0.1) is 5.92 Å². The molecule has 2 N–H and O–H groups in total. The van der Waals surface area contributed by atoms with Crippen LogP contribution in [0.5, 0.6) is 0 Å². The summed E-state index contributed by atoms with van der Waals surface area (Å²) >= 11 is 1.34. The smallest absolute Gasteiger partial charge is 0.313 e. The van der Waals surface area contributed by atoms with Crippen molar-refractivity contribution in [1.29, 1.82) is 0 Å². The lowest BCUT2D eigenvalue weighted by atomic mass is 9.95. The highest BCUT2D eigenvalue weighted by Gasteiger charge is 2.25. The third-order valence-electron chi connectivity index (χ3n) is 3.54. The minimum Gasteiger partial charge on any atom is -0.481 e. The Balaban J connectivity index is 1.89. The van der Waals surface area contributed by atoms with Crippen molar-refractivity contribution >= 4 is 29.3 Å². The van der Waals surface area contributed by atoms with Gasteiger partial charge in [0.25, 0.3) is 0 Å². The number of thioether (sulfide) groups is 1. The highest BCUT2D eigenvalue weighted by Crippen LogP contribution is 2.22. The van der Waals surface area contributed by atoms with Gasteiger partial charge in [-0.15, -0.1) is 11.8 Å². The molecular weight excluding hydrogens is 302 g/mol. The fourth-order valence-electron chi connectivity index (χ4n) is 2.48. The number of hydrogen-bond acceptors (Lipinski definition) is 4. The molecule has 1 saturated heterocycles. The molecule has 2 atom stereocenters. The predicted octanol–water partition coefficient (Wildman–Crippen LogP) is 2.76. The van der Waals surface area contributed by atoms with E-state index in [0.717, 1.165) is 24.1 Å². The average molecular weight is 323 g/mol. The highest BCUT2D eigenvalue weighted by atomic mass is 32.2. The number of amides is 1. The van der Waals surface area contributed by atoms with Gasteiger partial charge < -0.3 is 15.2 Å². The molecule has 1 fully saturated rings. The first-order chi connectivity index (χ1) is 10.5. The summed E-state index contributed by atoms with van der Waals surface area (Å²) < 4.78 is 5.46. The lowest BCUT2D eigenvalue weighted by Crippen LogP contribution is -2.32. The van der Waals surface area contributed by atoms with Gasteiger partial charge in [0.05, 0.1) is 11.9 Å². The molecule has 2 rings (SSSR count). The van der Waals surface area contributed by atoms with Crippen LogP contribution in [0.3, 0.4) is 0 Å². The van der Waals surface area contributed by atoms with E-state index in [1.807, 2.05) is 31.2 Å². The van der Waals surface area contributed by atoms with Crippen molar-refractivity contribution in [3.63, 3.8) is 0 Å². The highest BCUT2D eigenvalue weighted by molar-refractivity contribution is 7.99. The van der Waals surface area contributed by atoms with Crippen LogP contribution < -0.4 is 5.32 Å². The number of carboxylic acids is 1. The van der Waals surface area contributed by atoms with Crippen LogP contribution in [-0.4, -0.2) is 35.4 Å². The van der Waals surface area contributed by atoms with Crippen molar-refractivity contribution in [3.8, 4) is 0 Å². The molecule has 1 aromatic carbocycles. The van der Waals surface area contributed by atoms with Gasteiger partial charge >= 0.3 is 5.97 Å². The Labute approximate surface area is 134 Å². The predicted molar refractivity (Wildman–Crippen MR) is 87.0 cm³/mol. The largest absolute Gasteiger partial charge is 0.481 e. The SMILES string of the molecule is CC1CC(C(=O)Nc2cccc(CSCC(=O)O)c2)CCO1. The molecule has 0 radical (unpaired) electrons. The quantitative estimate of drug-likeness (QED) is 0.842. The van der Waals surface area contributed by atoms with E-state index in [-0.39, 0.29) is 23.7 Å². The van der Waals surface area contributed by atoms with Crippen molar-refractivity contribution in [2.45, 2.75) is 31.6 Å². The number of hydrogen-bond donors (Lipinski definition) is 2. The Morgan fingerprint density at radius 3 is 3.00 bits per heavy atom. The maximum Gasteiger partial charge on any atom is 0.313 e. The number of ether oxygens (including phenoxy) is 1. The van der Waals surface area contributed by atoms with Crippen molar-refractivity contribution in [1.82, 2.24) is 0 Å². The van der Waals surface area contributed by atoms with Crippen LogP contribution in [0.25, 0.3) is 0 Å². The lowest BCUT2D eigenvalue weighted by molar-refractivity contribution is -0.134. The van der Waals surface area contributed by atoms with E-state index in [0.29, 0.717) is 12.4 Å².